The molecule has 0 saturated heterocycles. The number of nitrogen functional groups attached to an aromatic ring is 1. The van der Waals surface area contributed by atoms with Gasteiger partial charge in [0.2, 0.25) is 0 Å². The Bertz CT molecular complexity index is 514. The van der Waals surface area contributed by atoms with Gasteiger partial charge in [-0.25, -0.2) is 15.2 Å². The molecule has 1 aromatic carbocycles. The molecule has 0 amide bonds. The van der Waals surface area contributed by atoms with E-state index in [-0.39, 0.29) is 5.82 Å². The van der Waals surface area contributed by atoms with Crippen LogP contribution in [-0.4, -0.2) is 16.5 Å². The van der Waals surface area contributed by atoms with E-state index in [1.54, 1.807) is 18.3 Å². The van der Waals surface area contributed by atoms with Gasteiger partial charge in [0.1, 0.15) is 5.82 Å². The minimum absolute atomic E-state index is 0.265. The zero-order valence-electron chi connectivity index (χ0n) is 9.97. The van der Waals surface area contributed by atoms with Gasteiger partial charge in [-0.2, -0.15) is 0 Å². The van der Waals surface area contributed by atoms with Gasteiger partial charge >= 0.3 is 0 Å². The van der Waals surface area contributed by atoms with E-state index in [4.69, 9.17) is 5.84 Å². The third-order valence-corrected chi connectivity index (χ3v) is 2.50. The van der Waals surface area contributed by atoms with E-state index in [1.807, 2.05) is 11.8 Å². The molecule has 2 rings (SSSR count). The molecule has 0 spiro atoms. The Morgan fingerprint density at radius 3 is 2.61 bits per heavy atom. The molecule has 0 aliphatic carbocycles. The zero-order chi connectivity index (χ0) is 13.0. The summed E-state index contributed by atoms with van der Waals surface area (Å²) in [6, 6.07) is 6.22. The predicted molar refractivity (Wildman–Crippen MR) is 68.9 cm³/mol. The molecular weight excluding hydrogens is 233 g/mol. The van der Waals surface area contributed by atoms with Crippen LogP contribution < -0.4 is 16.2 Å². The highest BCUT2D eigenvalue weighted by atomic mass is 19.1. The molecule has 2 aromatic rings. The maximum Gasteiger partial charge on any atom is 0.160 e. The van der Waals surface area contributed by atoms with E-state index >= 15 is 0 Å². The Balaban J connectivity index is 2.35. The fourth-order valence-corrected chi connectivity index (χ4v) is 1.65. The van der Waals surface area contributed by atoms with Gasteiger partial charge in [-0.1, -0.05) is 0 Å². The van der Waals surface area contributed by atoms with Crippen LogP contribution in [0.1, 0.15) is 6.92 Å². The number of benzene rings is 1. The van der Waals surface area contributed by atoms with Crippen LogP contribution in [0.4, 0.5) is 21.7 Å². The van der Waals surface area contributed by atoms with Gasteiger partial charge in [0.15, 0.2) is 11.6 Å². The average molecular weight is 247 g/mol. The molecule has 0 saturated carbocycles. The smallest absolute Gasteiger partial charge is 0.160 e. The molecule has 0 aliphatic rings. The van der Waals surface area contributed by atoms with Gasteiger partial charge in [0.05, 0.1) is 12.4 Å². The normalized spacial score (nSPS) is 10.2. The van der Waals surface area contributed by atoms with Crippen molar-refractivity contribution in [2.24, 2.45) is 5.84 Å². The number of hydrazine groups is 1. The van der Waals surface area contributed by atoms with Crippen LogP contribution in [0.2, 0.25) is 0 Å². The number of nitrogens with zero attached hydrogens (tertiary/aromatic N) is 3. The van der Waals surface area contributed by atoms with Crippen molar-refractivity contribution in [2.45, 2.75) is 6.92 Å². The molecule has 6 heteroatoms. The monoisotopic (exact) mass is 247 g/mol. The van der Waals surface area contributed by atoms with E-state index in [0.717, 1.165) is 5.69 Å². The van der Waals surface area contributed by atoms with Gasteiger partial charge in [-0.3, -0.25) is 4.98 Å². The maximum atomic E-state index is 12.9. The lowest BCUT2D eigenvalue weighted by atomic mass is 10.3. The molecule has 0 fully saturated rings. The minimum Gasteiger partial charge on any atom is -0.325 e. The van der Waals surface area contributed by atoms with Crippen LogP contribution in [0, 0.1) is 5.82 Å². The predicted octanol–water partition coefficient (Wildman–Crippen LogP) is 2.06. The van der Waals surface area contributed by atoms with E-state index in [1.165, 1.54) is 18.3 Å². The molecule has 18 heavy (non-hydrogen) atoms. The summed E-state index contributed by atoms with van der Waals surface area (Å²) in [6.07, 6.45) is 3.16. The van der Waals surface area contributed by atoms with Crippen molar-refractivity contribution in [1.82, 2.24) is 9.97 Å². The quantitative estimate of drug-likeness (QED) is 0.639. The van der Waals surface area contributed by atoms with Crippen LogP contribution in [0.25, 0.3) is 0 Å². The first-order valence-corrected chi connectivity index (χ1v) is 5.56. The number of rotatable bonds is 4. The standard InChI is InChI=1S/C12H14FN5/c1-2-18(10-5-3-9(13)4-6-10)12-8-15-7-11(16-12)17-14/h3-8H,2,14H2,1H3,(H,16,17). The Kier molecular flexibility index (Phi) is 3.69. The van der Waals surface area contributed by atoms with Crippen molar-refractivity contribution in [3.63, 3.8) is 0 Å². The molecule has 0 radical (unpaired) electrons. The topological polar surface area (TPSA) is 67.1 Å². The van der Waals surface area contributed by atoms with Crippen LogP contribution in [0.15, 0.2) is 36.7 Å². The number of nitrogens with two attached hydrogens (primary N) is 1. The summed E-state index contributed by atoms with van der Waals surface area (Å²) >= 11 is 0. The summed E-state index contributed by atoms with van der Waals surface area (Å²) in [5, 5.41) is 0. The van der Waals surface area contributed by atoms with Gasteiger partial charge in [-0.05, 0) is 31.2 Å². The highest BCUT2D eigenvalue weighted by Crippen LogP contribution is 2.23. The largest absolute Gasteiger partial charge is 0.325 e. The highest BCUT2D eigenvalue weighted by Gasteiger charge is 2.09. The lowest BCUT2D eigenvalue weighted by Gasteiger charge is -2.21. The summed E-state index contributed by atoms with van der Waals surface area (Å²) in [6.45, 7) is 2.67. The Morgan fingerprint density at radius 2 is 2.00 bits per heavy atom. The van der Waals surface area contributed by atoms with Crippen molar-refractivity contribution in [1.29, 1.82) is 0 Å². The lowest BCUT2D eigenvalue weighted by molar-refractivity contribution is 0.628. The van der Waals surface area contributed by atoms with Crippen molar-refractivity contribution in [3.8, 4) is 0 Å². The SMILES string of the molecule is CCN(c1ccc(F)cc1)c1cncc(NN)n1. The molecule has 0 aliphatic heterocycles. The molecule has 0 unspecified atom stereocenters. The van der Waals surface area contributed by atoms with E-state index in [2.05, 4.69) is 15.4 Å². The van der Waals surface area contributed by atoms with Crippen molar-refractivity contribution in [2.75, 3.05) is 16.9 Å². The number of aromatic nitrogens is 2. The van der Waals surface area contributed by atoms with Crippen LogP contribution in [0.3, 0.4) is 0 Å². The molecule has 5 nitrogen and oxygen atoms in total. The fraction of sp³-hybridized carbons (Fsp3) is 0.167. The Labute approximate surface area is 104 Å². The van der Waals surface area contributed by atoms with Crippen molar-refractivity contribution in [3.05, 3.63) is 42.5 Å². The third-order valence-electron chi connectivity index (χ3n) is 2.50. The van der Waals surface area contributed by atoms with Crippen molar-refractivity contribution >= 4 is 17.3 Å². The second-order valence-electron chi connectivity index (χ2n) is 3.63. The molecular formula is C12H14FN5. The molecule has 0 bridgehead atoms. The number of anilines is 3. The summed E-state index contributed by atoms with van der Waals surface area (Å²) in [5.41, 5.74) is 3.30. The molecule has 94 valence electrons. The van der Waals surface area contributed by atoms with E-state index in [9.17, 15) is 4.39 Å². The Hall–Kier alpha value is -2.21. The number of hydrogen-bond donors (Lipinski definition) is 2. The number of halogens is 1. The van der Waals surface area contributed by atoms with Crippen LogP contribution in [0.5, 0.6) is 0 Å². The molecule has 3 N–H and O–H groups in total. The van der Waals surface area contributed by atoms with Gasteiger partial charge in [-0.15, -0.1) is 0 Å². The number of nitrogens with one attached hydrogen (secondary N) is 1. The summed E-state index contributed by atoms with van der Waals surface area (Å²) in [4.78, 5) is 10.3. The zero-order valence-corrected chi connectivity index (χ0v) is 9.97. The molecule has 1 heterocycles. The first kappa shape index (κ1) is 12.3. The average Bonchev–Trinajstić information content (AvgIpc) is 2.42. The van der Waals surface area contributed by atoms with Gasteiger partial charge in [0, 0.05) is 12.2 Å². The summed E-state index contributed by atoms with van der Waals surface area (Å²) in [7, 11) is 0. The first-order valence-electron chi connectivity index (χ1n) is 5.56. The molecule has 0 atom stereocenters. The van der Waals surface area contributed by atoms with E-state index in [0.29, 0.717) is 18.2 Å². The van der Waals surface area contributed by atoms with Gasteiger partial charge in [0.25, 0.3) is 0 Å². The van der Waals surface area contributed by atoms with Crippen LogP contribution in [-0.2, 0) is 0 Å². The second kappa shape index (κ2) is 5.42. The Morgan fingerprint density at radius 1 is 1.28 bits per heavy atom. The van der Waals surface area contributed by atoms with Crippen molar-refractivity contribution < 1.29 is 4.39 Å². The lowest BCUT2D eigenvalue weighted by Crippen LogP contribution is -2.19. The van der Waals surface area contributed by atoms with E-state index < -0.39 is 0 Å². The second-order valence-corrected chi connectivity index (χ2v) is 3.63. The fourth-order valence-electron chi connectivity index (χ4n) is 1.65. The number of hydrogen-bond acceptors (Lipinski definition) is 5. The summed E-state index contributed by atoms with van der Waals surface area (Å²) in [5.74, 6) is 6.16. The maximum absolute atomic E-state index is 12.9. The minimum atomic E-state index is -0.265. The van der Waals surface area contributed by atoms with Crippen LogP contribution >= 0.6 is 0 Å². The first-order chi connectivity index (χ1) is 8.74. The molecule has 1 aromatic heterocycles. The van der Waals surface area contributed by atoms with Gasteiger partial charge < -0.3 is 10.3 Å². The highest BCUT2D eigenvalue weighted by molar-refractivity contribution is 5.60. The summed E-state index contributed by atoms with van der Waals surface area (Å²) < 4.78 is 12.9. The third kappa shape index (κ3) is 2.54.